The molecule has 1 aromatic rings. The first-order valence-electron chi connectivity index (χ1n) is 8.12. The molecule has 1 N–H and O–H groups in total. The van der Waals surface area contributed by atoms with Gasteiger partial charge in [-0.05, 0) is 38.2 Å². The lowest BCUT2D eigenvalue weighted by Crippen LogP contribution is -2.51. The summed E-state index contributed by atoms with van der Waals surface area (Å²) in [6.45, 7) is 7.17. The highest BCUT2D eigenvalue weighted by Crippen LogP contribution is 2.18. The van der Waals surface area contributed by atoms with Crippen molar-refractivity contribution in [3.8, 4) is 0 Å². The number of benzene rings is 1. The van der Waals surface area contributed by atoms with E-state index in [0.717, 1.165) is 31.1 Å². The molecule has 1 aliphatic rings. The second-order valence-corrected chi connectivity index (χ2v) is 7.21. The summed E-state index contributed by atoms with van der Waals surface area (Å²) in [6.07, 6.45) is 0.484. The fraction of sp³-hybridized carbons (Fsp3) is 0.588. The van der Waals surface area contributed by atoms with E-state index < -0.39 is 0 Å². The van der Waals surface area contributed by atoms with Crippen LogP contribution in [0.5, 0.6) is 0 Å². The number of hydrogen-bond acceptors (Lipinski definition) is 4. The molecule has 1 aliphatic heterocycles. The van der Waals surface area contributed by atoms with E-state index in [0.29, 0.717) is 24.8 Å². The van der Waals surface area contributed by atoms with Crippen LogP contribution in [0.2, 0.25) is 0 Å². The second-order valence-electron chi connectivity index (χ2n) is 6.04. The zero-order valence-electron chi connectivity index (χ0n) is 13.9. The van der Waals surface area contributed by atoms with E-state index in [9.17, 15) is 9.18 Å². The quantitative estimate of drug-likeness (QED) is 0.772. The van der Waals surface area contributed by atoms with Crippen LogP contribution >= 0.6 is 11.8 Å². The molecule has 6 heteroatoms. The zero-order chi connectivity index (χ0) is 16.7. The molecule has 0 unspecified atom stereocenters. The number of halogens is 1. The number of rotatable bonds is 7. The third-order valence-corrected chi connectivity index (χ3v) is 5.18. The first-order chi connectivity index (χ1) is 11.0. The number of piperazine rings is 1. The van der Waals surface area contributed by atoms with Crippen LogP contribution in [0.1, 0.15) is 13.3 Å². The first-order valence-corrected chi connectivity index (χ1v) is 9.11. The standard InChI is InChI=1S/C17H26FN3OS/c1-14(21-10-8-20(2)9-11-21)13-19-17(22)7-12-23-16-5-3-15(18)4-6-16/h3-6,14H,7-13H2,1-2H3,(H,19,22)/t14-/m0/s1. The van der Waals surface area contributed by atoms with Gasteiger partial charge in [0.1, 0.15) is 5.82 Å². The molecule has 1 amide bonds. The van der Waals surface area contributed by atoms with Crippen LogP contribution in [0.15, 0.2) is 29.2 Å². The van der Waals surface area contributed by atoms with Crippen molar-refractivity contribution in [3.05, 3.63) is 30.1 Å². The fourth-order valence-corrected chi connectivity index (χ4v) is 3.39. The van der Waals surface area contributed by atoms with Crippen molar-refractivity contribution in [2.45, 2.75) is 24.3 Å². The van der Waals surface area contributed by atoms with Gasteiger partial charge in [0.15, 0.2) is 0 Å². The van der Waals surface area contributed by atoms with Gasteiger partial charge < -0.3 is 10.2 Å². The average Bonchev–Trinajstić information content (AvgIpc) is 2.55. The molecule has 0 spiro atoms. The summed E-state index contributed by atoms with van der Waals surface area (Å²) in [5, 5.41) is 3.02. The number of hydrogen-bond donors (Lipinski definition) is 1. The molecule has 4 nitrogen and oxygen atoms in total. The summed E-state index contributed by atoms with van der Waals surface area (Å²) in [6, 6.07) is 6.75. The van der Waals surface area contributed by atoms with E-state index in [1.54, 1.807) is 23.9 Å². The van der Waals surface area contributed by atoms with Crippen molar-refractivity contribution >= 4 is 17.7 Å². The van der Waals surface area contributed by atoms with Gasteiger partial charge in [-0.15, -0.1) is 11.8 Å². The predicted molar refractivity (Wildman–Crippen MR) is 93.3 cm³/mol. The van der Waals surface area contributed by atoms with Gasteiger partial charge >= 0.3 is 0 Å². The van der Waals surface area contributed by atoms with E-state index in [-0.39, 0.29) is 11.7 Å². The van der Waals surface area contributed by atoms with E-state index in [2.05, 4.69) is 29.1 Å². The van der Waals surface area contributed by atoms with Crippen molar-refractivity contribution in [3.63, 3.8) is 0 Å². The Hall–Kier alpha value is -1.11. The number of nitrogens with zero attached hydrogens (tertiary/aromatic N) is 2. The highest BCUT2D eigenvalue weighted by molar-refractivity contribution is 7.99. The Bertz CT molecular complexity index is 489. The van der Waals surface area contributed by atoms with Crippen LogP contribution in [0.25, 0.3) is 0 Å². The molecule has 1 fully saturated rings. The number of nitrogens with one attached hydrogen (secondary N) is 1. The fourth-order valence-electron chi connectivity index (χ4n) is 2.53. The van der Waals surface area contributed by atoms with Crippen LogP contribution in [0, 0.1) is 5.82 Å². The van der Waals surface area contributed by atoms with E-state index in [1.165, 1.54) is 12.1 Å². The molecular weight excluding hydrogens is 313 g/mol. The summed E-state index contributed by atoms with van der Waals surface area (Å²) < 4.78 is 12.8. The monoisotopic (exact) mass is 339 g/mol. The molecule has 128 valence electrons. The lowest BCUT2D eigenvalue weighted by Gasteiger charge is -2.36. The lowest BCUT2D eigenvalue weighted by molar-refractivity contribution is -0.120. The van der Waals surface area contributed by atoms with Gasteiger partial charge in [-0.25, -0.2) is 4.39 Å². The van der Waals surface area contributed by atoms with Crippen LogP contribution < -0.4 is 5.32 Å². The average molecular weight is 339 g/mol. The Morgan fingerprint density at radius 3 is 2.57 bits per heavy atom. The summed E-state index contributed by atoms with van der Waals surface area (Å²) in [5.41, 5.74) is 0. The number of likely N-dealkylation sites (N-methyl/N-ethyl adjacent to an activating group) is 1. The van der Waals surface area contributed by atoms with E-state index in [4.69, 9.17) is 0 Å². The molecule has 1 heterocycles. The predicted octanol–water partition coefficient (Wildman–Crippen LogP) is 2.06. The van der Waals surface area contributed by atoms with Crippen molar-refractivity contribution in [1.82, 2.24) is 15.1 Å². The van der Waals surface area contributed by atoms with Gasteiger partial charge in [-0.2, -0.15) is 0 Å². The second kappa shape index (κ2) is 9.25. The Balaban J connectivity index is 1.60. The van der Waals surface area contributed by atoms with Crippen LogP contribution in [-0.4, -0.2) is 67.3 Å². The normalized spacial score (nSPS) is 17.9. The molecule has 23 heavy (non-hydrogen) atoms. The zero-order valence-corrected chi connectivity index (χ0v) is 14.7. The van der Waals surface area contributed by atoms with E-state index in [1.807, 2.05) is 0 Å². The number of amides is 1. The minimum absolute atomic E-state index is 0.0839. The molecule has 0 aliphatic carbocycles. The third kappa shape index (κ3) is 6.49. The van der Waals surface area contributed by atoms with Gasteiger partial charge in [-0.3, -0.25) is 9.69 Å². The highest BCUT2D eigenvalue weighted by atomic mass is 32.2. The topological polar surface area (TPSA) is 35.6 Å². The maximum atomic E-state index is 12.8. The van der Waals surface area contributed by atoms with Crippen molar-refractivity contribution in [2.24, 2.45) is 0 Å². The van der Waals surface area contributed by atoms with Gasteiger partial charge in [0.05, 0.1) is 0 Å². The Morgan fingerprint density at radius 1 is 1.26 bits per heavy atom. The SMILES string of the molecule is C[C@@H](CNC(=O)CCSc1ccc(F)cc1)N1CCN(C)CC1. The van der Waals surface area contributed by atoms with Crippen molar-refractivity contribution in [1.29, 1.82) is 0 Å². The molecule has 2 rings (SSSR count). The van der Waals surface area contributed by atoms with Gasteiger partial charge in [0.2, 0.25) is 5.91 Å². The molecule has 1 aromatic carbocycles. The maximum Gasteiger partial charge on any atom is 0.220 e. The van der Waals surface area contributed by atoms with Crippen LogP contribution in [0.4, 0.5) is 4.39 Å². The third-order valence-electron chi connectivity index (χ3n) is 4.17. The number of thioether (sulfide) groups is 1. The molecule has 0 saturated carbocycles. The minimum atomic E-state index is -0.231. The van der Waals surface area contributed by atoms with Crippen molar-refractivity contribution in [2.75, 3.05) is 45.5 Å². The summed E-state index contributed by atoms with van der Waals surface area (Å²) in [7, 11) is 2.14. The first kappa shape index (κ1) is 18.2. The smallest absolute Gasteiger partial charge is 0.220 e. The highest BCUT2D eigenvalue weighted by Gasteiger charge is 2.19. The van der Waals surface area contributed by atoms with Crippen molar-refractivity contribution < 1.29 is 9.18 Å². The summed E-state index contributed by atoms with van der Waals surface area (Å²) >= 11 is 1.58. The van der Waals surface area contributed by atoms with Crippen LogP contribution in [-0.2, 0) is 4.79 Å². The van der Waals surface area contributed by atoms with Gasteiger partial charge in [0.25, 0.3) is 0 Å². The molecular formula is C17H26FN3OS. The Morgan fingerprint density at radius 2 is 1.91 bits per heavy atom. The van der Waals surface area contributed by atoms with Gasteiger partial charge in [-0.1, -0.05) is 0 Å². The molecule has 0 aromatic heterocycles. The van der Waals surface area contributed by atoms with E-state index >= 15 is 0 Å². The molecule has 1 atom stereocenters. The van der Waals surface area contributed by atoms with Crippen LogP contribution in [0.3, 0.4) is 0 Å². The largest absolute Gasteiger partial charge is 0.355 e. The Labute approximate surface area is 142 Å². The minimum Gasteiger partial charge on any atom is -0.355 e. The molecule has 0 bridgehead atoms. The Kier molecular flexibility index (Phi) is 7.33. The molecule has 0 radical (unpaired) electrons. The summed E-state index contributed by atoms with van der Waals surface area (Å²) in [4.78, 5) is 17.7. The molecule has 1 saturated heterocycles. The van der Waals surface area contributed by atoms with Gasteiger partial charge in [0, 0.05) is 55.8 Å². The lowest BCUT2D eigenvalue weighted by atomic mass is 10.2. The summed E-state index contributed by atoms with van der Waals surface area (Å²) in [5.74, 6) is 0.561. The number of carbonyl (C=O) groups is 1. The number of carbonyl (C=O) groups excluding carboxylic acids is 1. The maximum absolute atomic E-state index is 12.8.